The zero-order chi connectivity index (χ0) is 19.8. The smallest absolute Gasteiger partial charge is 0.219 e. The molecule has 5 aromatic rings. The van der Waals surface area contributed by atoms with Crippen LogP contribution in [0.3, 0.4) is 0 Å². The molecule has 142 valence electrons. The van der Waals surface area contributed by atoms with Gasteiger partial charge in [0, 0.05) is 23.5 Å². The number of pyridine rings is 1. The van der Waals surface area contributed by atoms with E-state index in [2.05, 4.69) is 25.9 Å². The van der Waals surface area contributed by atoms with Crippen molar-refractivity contribution in [2.45, 2.75) is 6.42 Å². The van der Waals surface area contributed by atoms with Gasteiger partial charge < -0.3 is 9.52 Å². The van der Waals surface area contributed by atoms with Crippen molar-refractivity contribution in [2.24, 2.45) is 0 Å². The molecular formula is C22H15BrN4O2. The minimum atomic E-state index is 0.0744. The van der Waals surface area contributed by atoms with E-state index >= 15 is 0 Å². The summed E-state index contributed by atoms with van der Waals surface area (Å²) < 4.78 is 7.80. The Labute approximate surface area is 174 Å². The average molecular weight is 447 g/mol. The summed E-state index contributed by atoms with van der Waals surface area (Å²) in [4.78, 5) is 13.7. The first kappa shape index (κ1) is 17.6. The van der Waals surface area contributed by atoms with Crippen LogP contribution in [0.25, 0.3) is 28.2 Å². The molecule has 0 saturated carbocycles. The molecule has 4 aromatic heterocycles. The van der Waals surface area contributed by atoms with Crippen LogP contribution in [-0.2, 0) is 6.42 Å². The maximum absolute atomic E-state index is 10.9. The van der Waals surface area contributed by atoms with E-state index in [-0.39, 0.29) is 5.88 Å². The third-order valence-electron chi connectivity index (χ3n) is 4.64. The Bertz CT molecular complexity index is 1300. The van der Waals surface area contributed by atoms with Crippen molar-refractivity contribution in [1.29, 1.82) is 0 Å². The summed E-state index contributed by atoms with van der Waals surface area (Å²) in [5.74, 6) is 0.804. The molecule has 0 aliphatic heterocycles. The van der Waals surface area contributed by atoms with Gasteiger partial charge in [-0.1, -0.05) is 30.3 Å². The number of hydrogen-bond donors (Lipinski definition) is 1. The number of halogens is 1. The van der Waals surface area contributed by atoms with Crippen LogP contribution in [0, 0.1) is 0 Å². The minimum absolute atomic E-state index is 0.0744. The highest BCUT2D eigenvalue weighted by Gasteiger charge is 2.19. The molecular weight excluding hydrogens is 432 g/mol. The van der Waals surface area contributed by atoms with Gasteiger partial charge in [0.05, 0.1) is 18.4 Å². The quantitative estimate of drug-likeness (QED) is 0.388. The Hall–Kier alpha value is -3.45. The van der Waals surface area contributed by atoms with Crippen LogP contribution < -0.4 is 0 Å². The number of rotatable bonds is 4. The van der Waals surface area contributed by atoms with Crippen LogP contribution in [0.15, 0.2) is 82.3 Å². The number of hydrogen-bond acceptors (Lipinski definition) is 5. The van der Waals surface area contributed by atoms with Gasteiger partial charge in [-0.25, -0.2) is 15.0 Å². The SMILES string of the molecule is Oc1c(Cc2ccco2)nc2c(-c3ccnc(Br)c3)nc(-c3ccccc3)cn12. The molecule has 0 aliphatic rings. The Balaban J connectivity index is 1.76. The van der Waals surface area contributed by atoms with E-state index in [0.717, 1.165) is 22.6 Å². The largest absolute Gasteiger partial charge is 0.493 e. The molecule has 0 spiro atoms. The lowest BCUT2D eigenvalue weighted by Gasteiger charge is -2.08. The molecule has 1 aromatic carbocycles. The van der Waals surface area contributed by atoms with Crippen LogP contribution in [0.1, 0.15) is 11.5 Å². The number of benzene rings is 1. The van der Waals surface area contributed by atoms with E-state index in [1.54, 1.807) is 23.1 Å². The number of imidazole rings is 1. The summed E-state index contributed by atoms with van der Waals surface area (Å²) in [6.45, 7) is 0. The second kappa shape index (κ2) is 7.18. The number of furan rings is 1. The van der Waals surface area contributed by atoms with Crippen LogP contribution in [-0.4, -0.2) is 24.5 Å². The topological polar surface area (TPSA) is 76.5 Å². The van der Waals surface area contributed by atoms with Gasteiger partial charge >= 0.3 is 0 Å². The normalized spacial score (nSPS) is 11.2. The summed E-state index contributed by atoms with van der Waals surface area (Å²) in [6, 6.07) is 17.3. The van der Waals surface area contributed by atoms with Gasteiger partial charge in [-0.15, -0.1) is 0 Å². The van der Waals surface area contributed by atoms with Gasteiger partial charge in [-0.05, 0) is 40.2 Å². The highest BCUT2D eigenvalue weighted by molar-refractivity contribution is 9.10. The van der Waals surface area contributed by atoms with Gasteiger partial charge in [-0.2, -0.15) is 0 Å². The molecule has 0 saturated heterocycles. The molecule has 0 amide bonds. The van der Waals surface area contributed by atoms with Crippen molar-refractivity contribution >= 4 is 21.6 Å². The standard InChI is InChI=1S/C22H15BrN4O2/c23-19-11-15(8-9-24-19)20-21-26-17(12-16-7-4-10-29-16)22(28)27(21)13-18(25-20)14-5-2-1-3-6-14/h1-11,13,28H,12H2. The summed E-state index contributed by atoms with van der Waals surface area (Å²) in [6.07, 6.45) is 5.51. The summed E-state index contributed by atoms with van der Waals surface area (Å²) in [5, 5.41) is 10.9. The van der Waals surface area contributed by atoms with Crippen LogP contribution in [0.5, 0.6) is 5.88 Å². The van der Waals surface area contributed by atoms with E-state index in [0.29, 0.717) is 28.1 Å². The fourth-order valence-electron chi connectivity index (χ4n) is 3.27. The minimum Gasteiger partial charge on any atom is -0.493 e. The lowest BCUT2D eigenvalue weighted by Crippen LogP contribution is -1.96. The van der Waals surface area contributed by atoms with Crippen LogP contribution in [0.4, 0.5) is 0 Å². The van der Waals surface area contributed by atoms with Gasteiger partial charge in [0.15, 0.2) is 5.65 Å². The van der Waals surface area contributed by atoms with E-state index < -0.39 is 0 Å². The van der Waals surface area contributed by atoms with Gasteiger partial charge in [0.2, 0.25) is 5.88 Å². The predicted octanol–water partition coefficient (Wildman–Crippen LogP) is 5.11. The Morgan fingerprint density at radius 3 is 2.62 bits per heavy atom. The van der Waals surface area contributed by atoms with Crippen molar-refractivity contribution < 1.29 is 9.52 Å². The van der Waals surface area contributed by atoms with Crippen molar-refractivity contribution in [3.8, 4) is 28.4 Å². The van der Waals surface area contributed by atoms with E-state index in [1.807, 2.05) is 54.6 Å². The molecule has 4 heterocycles. The molecule has 29 heavy (non-hydrogen) atoms. The van der Waals surface area contributed by atoms with E-state index in [1.165, 1.54) is 0 Å². The lowest BCUT2D eigenvalue weighted by atomic mass is 10.1. The predicted molar refractivity (Wildman–Crippen MR) is 113 cm³/mol. The Kier molecular flexibility index (Phi) is 4.37. The molecule has 1 N–H and O–H groups in total. The first-order valence-electron chi connectivity index (χ1n) is 9.00. The molecule has 0 radical (unpaired) electrons. The highest BCUT2D eigenvalue weighted by Crippen LogP contribution is 2.32. The second-order valence-corrected chi connectivity index (χ2v) is 7.35. The number of fused-ring (bicyclic) bond motifs is 1. The van der Waals surface area contributed by atoms with Crippen molar-refractivity contribution in [2.75, 3.05) is 0 Å². The van der Waals surface area contributed by atoms with E-state index in [4.69, 9.17) is 9.40 Å². The zero-order valence-electron chi connectivity index (χ0n) is 15.2. The third-order valence-corrected chi connectivity index (χ3v) is 5.08. The van der Waals surface area contributed by atoms with Gasteiger partial charge in [-0.3, -0.25) is 4.40 Å². The zero-order valence-corrected chi connectivity index (χ0v) is 16.7. The molecule has 0 unspecified atom stereocenters. The first-order valence-corrected chi connectivity index (χ1v) is 9.79. The Morgan fingerprint density at radius 1 is 1.00 bits per heavy atom. The molecule has 0 aliphatic carbocycles. The molecule has 0 bridgehead atoms. The highest BCUT2D eigenvalue weighted by atomic mass is 79.9. The number of aromatic hydroxyl groups is 1. The van der Waals surface area contributed by atoms with Crippen LogP contribution >= 0.6 is 15.9 Å². The number of nitrogens with zero attached hydrogens (tertiary/aromatic N) is 4. The molecule has 7 heteroatoms. The van der Waals surface area contributed by atoms with Crippen molar-refractivity contribution in [3.05, 3.63) is 89.3 Å². The molecule has 0 fully saturated rings. The molecule has 5 rings (SSSR count). The fraction of sp³-hybridized carbons (Fsp3) is 0.0455. The monoisotopic (exact) mass is 446 g/mol. The average Bonchev–Trinajstić information content (AvgIpc) is 3.37. The fourth-order valence-corrected chi connectivity index (χ4v) is 3.64. The number of aromatic nitrogens is 4. The maximum atomic E-state index is 10.9. The summed E-state index contributed by atoms with van der Waals surface area (Å²) in [7, 11) is 0. The third kappa shape index (κ3) is 3.30. The van der Waals surface area contributed by atoms with Crippen LogP contribution in [0.2, 0.25) is 0 Å². The van der Waals surface area contributed by atoms with Crippen molar-refractivity contribution in [1.82, 2.24) is 19.4 Å². The molecule has 6 nitrogen and oxygen atoms in total. The van der Waals surface area contributed by atoms with Gasteiger partial charge in [0.1, 0.15) is 21.8 Å². The lowest BCUT2D eigenvalue weighted by molar-refractivity contribution is 0.438. The Morgan fingerprint density at radius 2 is 1.86 bits per heavy atom. The van der Waals surface area contributed by atoms with Crippen molar-refractivity contribution in [3.63, 3.8) is 0 Å². The van der Waals surface area contributed by atoms with E-state index in [9.17, 15) is 5.11 Å². The first-order chi connectivity index (χ1) is 14.2. The van der Waals surface area contributed by atoms with Gasteiger partial charge in [0.25, 0.3) is 0 Å². The molecule has 0 atom stereocenters. The summed E-state index contributed by atoms with van der Waals surface area (Å²) in [5.41, 5.74) is 4.30. The second-order valence-electron chi connectivity index (χ2n) is 6.54. The maximum Gasteiger partial charge on any atom is 0.219 e. The summed E-state index contributed by atoms with van der Waals surface area (Å²) >= 11 is 3.42.